The molecule has 13 heteroatoms. The minimum absolute atomic E-state index is 0.0144. The summed E-state index contributed by atoms with van der Waals surface area (Å²) in [6.45, 7) is -0.625. The monoisotopic (exact) mass is 555 g/mol. The number of primary amides is 1. The zero-order valence-corrected chi connectivity index (χ0v) is 21.7. The van der Waals surface area contributed by atoms with Crippen molar-refractivity contribution in [3.63, 3.8) is 0 Å². The van der Waals surface area contributed by atoms with E-state index in [1.54, 1.807) is 12.1 Å². The first-order chi connectivity index (χ1) is 19.0. The number of carboxylic acids is 1. The van der Waals surface area contributed by atoms with Crippen molar-refractivity contribution < 1.29 is 38.9 Å². The maximum atomic E-state index is 13.0. The number of aliphatic carboxylic acids is 1. The summed E-state index contributed by atoms with van der Waals surface area (Å²) in [5, 5.41) is 25.6. The fourth-order valence-corrected chi connectivity index (χ4v) is 4.43. The molecule has 40 heavy (non-hydrogen) atoms. The van der Waals surface area contributed by atoms with Gasteiger partial charge in [-0.3, -0.25) is 19.2 Å². The molecule has 3 rings (SSSR count). The summed E-state index contributed by atoms with van der Waals surface area (Å²) in [6.07, 6.45) is 0.329. The van der Waals surface area contributed by atoms with Gasteiger partial charge in [-0.25, -0.2) is 4.79 Å². The van der Waals surface area contributed by atoms with Gasteiger partial charge in [0, 0.05) is 18.7 Å². The number of aliphatic hydroxyl groups is 1. The number of nitrogens with one attached hydrogen (secondary N) is 2. The molecule has 1 fully saturated rings. The summed E-state index contributed by atoms with van der Waals surface area (Å²) in [4.78, 5) is 62.8. The summed E-state index contributed by atoms with van der Waals surface area (Å²) in [6, 6.07) is 12.8. The molecule has 0 radical (unpaired) electrons. The van der Waals surface area contributed by atoms with Crippen LogP contribution in [0.25, 0.3) is 0 Å². The van der Waals surface area contributed by atoms with Gasteiger partial charge in [-0.2, -0.15) is 0 Å². The Morgan fingerprint density at radius 1 is 1.07 bits per heavy atom. The summed E-state index contributed by atoms with van der Waals surface area (Å²) >= 11 is 0. The van der Waals surface area contributed by atoms with E-state index in [0.717, 1.165) is 10.5 Å². The Labute approximate surface area is 230 Å². The lowest BCUT2D eigenvalue weighted by atomic mass is 10.0. The van der Waals surface area contributed by atoms with Crippen molar-refractivity contribution in [2.24, 2.45) is 5.73 Å². The van der Waals surface area contributed by atoms with Gasteiger partial charge in [0.25, 0.3) is 11.6 Å². The Morgan fingerprint density at radius 3 is 2.38 bits per heavy atom. The quantitative estimate of drug-likeness (QED) is 0.176. The number of carbonyl (C=O) groups is 5. The highest BCUT2D eigenvalue weighted by molar-refractivity contribution is 5.93. The molecule has 1 heterocycles. The third kappa shape index (κ3) is 7.69. The molecule has 0 saturated carbocycles. The number of likely N-dealkylation sites (tertiary alicyclic amines) is 1. The molecular weight excluding hydrogens is 522 g/mol. The van der Waals surface area contributed by atoms with E-state index in [0.29, 0.717) is 24.3 Å². The summed E-state index contributed by atoms with van der Waals surface area (Å²) in [7, 11) is 0. The number of anilines is 1. The molecular formula is C27H33N5O8. The molecule has 4 amide bonds. The predicted octanol–water partition coefficient (Wildman–Crippen LogP) is -0.479. The number of hydrogen-bond donors (Lipinski definition) is 6. The number of carboxylic acid groups (broad SMARTS) is 1. The number of nitrogens with two attached hydrogens (primary N) is 2. The van der Waals surface area contributed by atoms with E-state index in [2.05, 4.69) is 10.6 Å². The normalized spacial score (nSPS) is 18.9. The molecule has 0 aromatic heterocycles. The molecule has 214 valence electrons. The van der Waals surface area contributed by atoms with E-state index in [-0.39, 0.29) is 19.4 Å². The largest absolute Gasteiger partial charge is 0.484 e. The second-order valence-electron chi connectivity index (χ2n) is 9.41. The topological polar surface area (TPSA) is 214 Å². The molecule has 2 aromatic rings. The molecule has 1 aliphatic rings. The summed E-state index contributed by atoms with van der Waals surface area (Å²) in [5.41, 5.74) is 9.62. The first kappa shape index (κ1) is 29.9. The summed E-state index contributed by atoms with van der Waals surface area (Å²) < 4.78 is 5.33. The van der Waals surface area contributed by atoms with E-state index >= 15 is 0 Å². The number of aryl methyl sites for hydroxylation is 1. The van der Waals surface area contributed by atoms with E-state index in [9.17, 15) is 34.2 Å². The number of hydrogen-bond acceptors (Lipinski definition) is 8. The first-order valence-corrected chi connectivity index (χ1v) is 12.7. The van der Waals surface area contributed by atoms with Crippen LogP contribution in [0.1, 0.15) is 31.2 Å². The highest BCUT2D eigenvalue weighted by Gasteiger charge is 2.56. The number of carbonyl (C=O) groups excluding carboxylic acids is 4. The minimum atomic E-state index is -2.72. The van der Waals surface area contributed by atoms with E-state index in [1.807, 2.05) is 30.3 Å². The minimum Gasteiger partial charge on any atom is -0.484 e. The second-order valence-corrected chi connectivity index (χ2v) is 9.41. The number of benzene rings is 2. The van der Waals surface area contributed by atoms with Gasteiger partial charge < -0.3 is 42.0 Å². The van der Waals surface area contributed by atoms with Crippen LogP contribution >= 0.6 is 0 Å². The van der Waals surface area contributed by atoms with Crippen LogP contribution in [0.15, 0.2) is 54.6 Å². The van der Waals surface area contributed by atoms with Crippen molar-refractivity contribution in [3.8, 4) is 5.75 Å². The van der Waals surface area contributed by atoms with E-state index < -0.39 is 60.4 Å². The average Bonchev–Trinajstić information content (AvgIpc) is 3.25. The van der Waals surface area contributed by atoms with Crippen LogP contribution in [0.3, 0.4) is 0 Å². The molecule has 13 nitrogen and oxygen atoms in total. The lowest BCUT2D eigenvalue weighted by Crippen LogP contribution is -2.64. The Bertz CT molecular complexity index is 1220. The molecule has 3 atom stereocenters. The highest BCUT2D eigenvalue weighted by Crippen LogP contribution is 2.29. The van der Waals surface area contributed by atoms with Crippen molar-refractivity contribution in [1.82, 2.24) is 15.5 Å². The fraction of sp³-hybridized carbons (Fsp3) is 0.370. The van der Waals surface area contributed by atoms with Gasteiger partial charge in [-0.05, 0) is 49.1 Å². The number of nitrogen functional groups attached to an aromatic ring is 1. The lowest BCUT2D eigenvalue weighted by Gasteiger charge is -2.34. The molecule has 1 aliphatic heterocycles. The van der Waals surface area contributed by atoms with Gasteiger partial charge in [0.15, 0.2) is 6.61 Å². The average molecular weight is 556 g/mol. The molecule has 0 bridgehead atoms. The standard InChI is InChI=1S/C27H33N5O8/c28-18-9-11-19(12-10-18)40-16-23(34)30-20(15-22(29)33)25(36)31-21-13-14-32(27(21,39)26(37)38)24(35)8-4-7-17-5-2-1-3-6-17/h1-3,5-6,9-12,20-21,39H,4,7-8,13-16,28H2,(H2,29,33)(H,30,34)(H,31,36)(H,37,38)/t20-,21-,27-/m0/s1. The Kier molecular flexibility index (Phi) is 10.0. The van der Waals surface area contributed by atoms with Gasteiger partial charge in [-0.15, -0.1) is 0 Å². The zero-order valence-electron chi connectivity index (χ0n) is 21.7. The molecule has 2 aromatic carbocycles. The fourth-order valence-electron chi connectivity index (χ4n) is 4.43. The van der Waals surface area contributed by atoms with Gasteiger partial charge in [0.05, 0.1) is 12.5 Å². The van der Waals surface area contributed by atoms with Crippen LogP contribution in [0.4, 0.5) is 5.69 Å². The van der Waals surface area contributed by atoms with Crippen LogP contribution in [-0.2, 0) is 30.4 Å². The Balaban J connectivity index is 1.62. The number of nitrogens with zero attached hydrogens (tertiary/aromatic N) is 1. The molecule has 8 N–H and O–H groups in total. The number of ether oxygens (including phenoxy) is 1. The van der Waals surface area contributed by atoms with Gasteiger partial charge >= 0.3 is 5.97 Å². The second kappa shape index (κ2) is 13.4. The predicted molar refractivity (Wildman–Crippen MR) is 142 cm³/mol. The Morgan fingerprint density at radius 2 is 1.75 bits per heavy atom. The Hall–Kier alpha value is -4.65. The van der Waals surface area contributed by atoms with Crippen LogP contribution in [0, 0.1) is 0 Å². The lowest BCUT2D eigenvalue weighted by molar-refractivity contribution is -0.186. The van der Waals surface area contributed by atoms with E-state index in [4.69, 9.17) is 16.2 Å². The van der Waals surface area contributed by atoms with Crippen LogP contribution in [0.2, 0.25) is 0 Å². The third-order valence-electron chi connectivity index (χ3n) is 6.48. The molecule has 0 aliphatic carbocycles. The van der Waals surface area contributed by atoms with Crippen LogP contribution in [0.5, 0.6) is 5.75 Å². The van der Waals surface area contributed by atoms with Gasteiger partial charge in [0.1, 0.15) is 11.8 Å². The maximum Gasteiger partial charge on any atom is 0.359 e. The SMILES string of the molecule is NC(=O)C[C@H](NC(=O)COc1ccc(N)cc1)C(=O)N[C@H]1CCN(C(=O)CCCc2ccccc2)[C@@]1(O)C(=O)O. The van der Waals surface area contributed by atoms with Crippen LogP contribution < -0.4 is 26.8 Å². The molecule has 0 spiro atoms. The first-order valence-electron chi connectivity index (χ1n) is 12.7. The third-order valence-corrected chi connectivity index (χ3v) is 6.48. The van der Waals surface area contributed by atoms with Gasteiger partial charge in [-0.1, -0.05) is 30.3 Å². The number of amides is 4. The maximum absolute atomic E-state index is 13.0. The summed E-state index contributed by atoms with van der Waals surface area (Å²) in [5.74, 6) is -4.59. The molecule has 0 unspecified atom stereocenters. The molecule has 1 saturated heterocycles. The van der Waals surface area contributed by atoms with Crippen molar-refractivity contribution in [2.45, 2.75) is 49.9 Å². The van der Waals surface area contributed by atoms with Crippen molar-refractivity contribution in [3.05, 3.63) is 60.2 Å². The van der Waals surface area contributed by atoms with Crippen molar-refractivity contribution >= 4 is 35.3 Å². The smallest absolute Gasteiger partial charge is 0.359 e. The van der Waals surface area contributed by atoms with Crippen LogP contribution in [-0.4, -0.2) is 75.7 Å². The highest BCUT2D eigenvalue weighted by atomic mass is 16.5. The zero-order chi connectivity index (χ0) is 29.3. The number of rotatable bonds is 13. The van der Waals surface area contributed by atoms with Crippen molar-refractivity contribution in [2.75, 3.05) is 18.9 Å². The van der Waals surface area contributed by atoms with Gasteiger partial charge in [0.2, 0.25) is 17.7 Å². The van der Waals surface area contributed by atoms with Crippen molar-refractivity contribution in [1.29, 1.82) is 0 Å². The van der Waals surface area contributed by atoms with E-state index in [1.165, 1.54) is 12.1 Å².